The SMILES string of the molecule is N#CC1(NC(=O)[C@@H]2CCCC[C@H]2c2nc(-c3ccc(F)c(F)c3)sc2-c2ccc(N3CCS(O)(O)CC3)cc2)CC1. The molecule has 1 aromatic heterocycles. The van der Waals surface area contributed by atoms with Crippen molar-refractivity contribution in [1.82, 2.24) is 10.3 Å². The Labute approximate surface area is 243 Å². The Morgan fingerprint density at radius 2 is 1.73 bits per heavy atom. The zero-order chi connectivity index (χ0) is 28.8. The molecule has 2 aliphatic carbocycles. The highest BCUT2D eigenvalue weighted by Crippen LogP contribution is 2.47. The zero-order valence-corrected chi connectivity index (χ0v) is 24.1. The van der Waals surface area contributed by atoms with E-state index >= 15 is 0 Å². The highest BCUT2D eigenvalue weighted by Gasteiger charge is 2.47. The van der Waals surface area contributed by atoms with Gasteiger partial charge < -0.3 is 10.2 Å². The van der Waals surface area contributed by atoms with E-state index in [1.807, 2.05) is 24.3 Å². The van der Waals surface area contributed by atoms with Gasteiger partial charge in [-0.05, 0) is 61.6 Å². The molecule has 2 aromatic carbocycles. The van der Waals surface area contributed by atoms with Gasteiger partial charge in [-0.1, -0.05) is 25.0 Å². The third kappa shape index (κ3) is 5.84. The van der Waals surface area contributed by atoms with Crippen LogP contribution in [0.3, 0.4) is 0 Å². The molecule has 216 valence electrons. The Morgan fingerprint density at radius 1 is 1.05 bits per heavy atom. The summed E-state index contributed by atoms with van der Waals surface area (Å²) in [6.45, 7) is 1.13. The molecule has 41 heavy (non-hydrogen) atoms. The van der Waals surface area contributed by atoms with Gasteiger partial charge in [0.05, 0.1) is 28.1 Å². The maximum absolute atomic E-state index is 14.2. The maximum Gasteiger partial charge on any atom is 0.225 e. The number of halogens is 2. The lowest BCUT2D eigenvalue weighted by Crippen LogP contribution is -2.42. The van der Waals surface area contributed by atoms with Crippen molar-refractivity contribution in [2.45, 2.75) is 50.0 Å². The second kappa shape index (κ2) is 11.0. The van der Waals surface area contributed by atoms with Gasteiger partial charge in [0, 0.05) is 36.2 Å². The van der Waals surface area contributed by atoms with Crippen molar-refractivity contribution >= 4 is 33.5 Å². The Morgan fingerprint density at radius 3 is 2.39 bits per heavy atom. The number of nitriles is 1. The molecule has 1 saturated heterocycles. The van der Waals surface area contributed by atoms with Crippen molar-refractivity contribution in [2.75, 3.05) is 29.5 Å². The molecular weight excluding hydrogens is 566 g/mol. The van der Waals surface area contributed by atoms with E-state index in [0.717, 1.165) is 53.2 Å². The topological polar surface area (TPSA) is 109 Å². The second-order valence-corrected chi connectivity index (χ2v) is 14.7. The van der Waals surface area contributed by atoms with Gasteiger partial charge in [0.2, 0.25) is 5.91 Å². The molecule has 0 unspecified atom stereocenters. The van der Waals surface area contributed by atoms with Crippen LogP contribution in [0.15, 0.2) is 42.5 Å². The fraction of sp³-hybridized carbons (Fsp3) is 0.433. The van der Waals surface area contributed by atoms with Gasteiger partial charge in [-0.2, -0.15) is 15.9 Å². The first-order valence-corrected chi connectivity index (χ1v) is 16.7. The maximum atomic E-state index is 14.2. The van der Waals surface area contributed by atoms with Crippen LogP contribution in [0, 0.1) is 28.9 Å². The third-order valence-electron chi connectivity index (χ3n) is 8.47. The number of aromatic nitrogens is 1. The van der Waals surface area contributed by atoms with Crippen LogP contribution < -0.4 is 10.2 Å². The van der Waals surface area contributed by atoms with Crippen molar-refractivity contribution in [3.8, 4) is 27.1 Å². The number of hydrogen-bond donors (Lipinski definition) is 3. The molecule has 0 spiro atoms. The van der Waals surface area contributed by atoms with Crippen LogP contribution in [0.25, 0.3) is 21.0 Å². The first-order chi connectivity index (χ1) is 19.7. The summed E-state index contributed by atoms with van der Waals surface area (Å²) >= 11 is 1.40. The summed E-state index contributed by atoms with van der Waals surface area (Å²) in [6.07, 6.45) is 4.65. The molecule has 1 aliphatic heterocycles. The first kappa shape index (κ1) is 28.1. The second-order valence-electron chi connectivity index (χ2n) is 11.3. The lowest BCUT2D eigenvalue weighted by Gasteiger charge is -2.41. The largest absolute Gasteiger partial charge is 0.368 e. The van der Waals surface area contributed by atoms with Crippen molar-refractivity contribution in [2.24, 2.45) is 5.92 Å². The van der Waals surface area contributed by atoms with E-state index in [4.69, 9.17) is 4.98 Å². The first-order valence-electron chi connectivity index (χ1n) is 14.0. The predicted molar refractivity (Wildman–Crippen MR) is 158 cm³/mol. The van der Waals surface area contributed by atoms with Crippen molar-refractivity contribution in [3.05, 3.63) is 59.8 Å². The van der Waals surface area contributed by atoms with Gasteiger partial charge in [-0.25, -0.2) is 13.8 Å². The quantitative estimate of drug-likeness (QED) is 0.289. The Hall–Kier alpha value is -3.04. The summed E-state index contributed by atoms with van der Waals surface area (Å²) in [5, 5.41) is 13.1. The molecule has 11 heteroatoms. The van der Waals surface area contributed by atoms with Crippen LogP contribution in [0.4, 0.5) is 14.5 Å². The number of hydrogen-bond acceptors (Lipinski definition) is 7. The fourth-order valence-corrected chi connectivity index (χ4v) is 8.21. The number of thiazole rings is 1. The number of benzene rings is 2. The highest BCUT2D eigenvalue weighted by molar-refractivity contribution is 8.24. The molecular formula is C30H32F2N4O3S2. The summed E-state index contributed by atoms with van der Waals surface area (Å²) in [5.74, 6) is -1.78. The summed E-state index contributed by atoms with van der Waals surface area (Å²) < 4.78 is 47.8. The molecule has 2 atom stereocenters. The number of nitrogens with one attached hydrogen (secondary N) is 1. The Balaban J connectivity index is 1.35. The van der Waals surface area contributed by atoms with E-state index in [9.17, 15) is 27.9 Å². The monoisotopic (exact) mass is 598 g/mol. The van der Waals surface area contributed by atoms with E-state index in [1.54, 1.807) is 0 Å². The van der Waals surface area contributed by atoms with Gasteiger partial charge in [0.15, 0.2) is 11.6 Å². The predicted octanol–water partition coefficient (Wildman–Crippen LogP) is 6.77. The van der Waals surface area contributed by atoms with Crippen LogP contribution >= 0.6 is 21.9 Å². The average Bonchev–Trinajstić information content (AvgIpc) is 3.61. The fourth-order valence-electron chi connectivity index (χ4n) is 5.84. The smallest absolute Gasteiger partial charge is 0.225 e. The van der Waals surface area contributed by atoms with E-state index in [1.165, 1.54) is 17.4 Å². The van der Waals surface area contributed by atoms with E-state index in [2.05, 4.69) is 16.3 Å². The number of carbonyl (C=O) groups excluding carboxylic acids is 1. The third-order valence-corrected chi connectivity index (χ3v) is 11.3. The standard InChI is InChI=1S/C30H32F2N4O3S2/c31-24-10-7-20(17-25(24)32)29-34-26(22-3-1-2-4-23(22)28(37)35-30(18-33)11-12-30)27(40-29)19-5-8-21(9-6-19)36-13-15-41(38,39)16-14-36/h5-10,17,22-23,38-39H,1-4,11-16H2,(H,35,37)/t22-,23-/m1/s1. The van der Waals surface area contributed by atoms with Gasteiger partial charge in [-0.15, -0.1) is 11.3 Å². The van der Waals surface area contributed by atoms with Gasteiger partial charge in [0.1, 0.15) is 10.5 Å². The van der Waals surface area contributed by atoms with Crippen molar-refractivity contribution < 1.29 is 22.7 Å². The molecule has 2 heterocycles. The number of carbonyl (C=O) groups is 1. The zero-order valence-electron chi connectivity index (χ0n) is 22.5. The average molecular weight is 599 g/mol. The van der Waals surface area contributed by atoms with Crippen LogP contribution in [-0.4, -0.2) is 50.1 Å². The summed E-state index contributed by atoms with van der Waals surface area (Å²) in [4.78, 5) is 21.4. The molecule has 1 amide bonds. The molecule has 3 aliphatic rings. The van der Waals surface area contributed by atoms with Crippen molar-refractivity contribution in [3.63, 3.8) is 0 Å². The minimum Gasteiger partial charge on any atom is -0.368 e. The molecule has 3 N–H and O–H groups in total. The normalized spacial score (nSPS) is 23.8. The highest BCUT2D eigenvalue weighted by atomic mass is 32.3. The van der Waals surface area contributed by atoms with E-state index in [0.29, 0.717) is 54.4 Å². The number of amides is 1. The van der Waals surface area contributed by atoms with Crippen molar-refractivity contribution in [1.29, 1.82) is 5.26 Å². The number of anilines is 1. The number of rotatable bonds is 6. The number of nitrogens with zero attached hydrogens (tertiary/aromatic N) is 3. The molecule has 3 fully saturated rings. The lowest BCUT2D eigenvalue weighted by molar-refractivity contribution is -0.127. The van der Waals surface area contributed by atoms with Gasteiger partial charge >= 0.3 is 0 Å². The molecule has 6 rings (SSSR count). The summed E-state index contributed by atoms with van der Waals surface area (Å²) in [7, 11) is -2.49. The van der Waals surface area contributed by atoms with E-state index in [-0.39, 0.29) is 17.7 Å². The molecule has 2 saturated carbocycles. The van der Waals surface area contributed by atoms with Crippen LogP contribution in [0.2, 0.25) is 0 Å². The molecule has 0 bridgehead atoms. The minimum absolute atomic E-state index is 0.117. The lowest BCUT2D eigenvalue weighted by atomic mass is 9.76. The summed E-state index contributed by atoms with van der Waals surface area (Å²) in [5.41, 5.74) is 2.39. The Kier molecular flexibility index (Phi) is 7.53. The van der Waals surface area contributed by atoms with Crippen LogP contribution in [0.1, 0.15) is 50.1 Å². The molecule has 0 radical (unpaired) electrons. The van der Waals surface area contributed by atoms with Crippen LogP contribution in [0.5, 0.6) is 0 Å². The van der Waals surface area contributed by atoms with Gasteiger partial charge in [0.25, 0.3) is 0 Å². The summed E-state index contributed by atoms with van der Waals surface area (Å²) in [6, 6.07) is 14.0. The Bertz CT molecular complexity index is 1490. The van der Waals surface area contributed by atoms with Gasteiger partial charge in [-0.3, -0.25) is 13.9 Å². The van der Waals surface area contributed by atoms with E-state index < -0.39 is 27.8 Å². The molecule has 7 nitrogen and oxygen atoms in total. The molecule has 3 aromatic rings. The van der Waals surface area contributed by atoms with Crippen LogP contribution in [-0.2, 0) is 4.79 Å². The minimum atomic E-state index is -2.49.